The van der Waals surface area contributed by atoms with Crippen LogP contribution in [0.1, 0.15) is 32.3 Å². The van der Waals surface area contributed by atoms with Crippen molar-refractivity contribution in [1.29, 1.82) is 5.26 Å². The number of aryl methyl sites for hydroxylation is 1. The Morgan fingerprint density at radius 1 is 1.19 bits per heavy atom. The van der Waals surface area contributed by atoms with Crippen LogP contribution in [-0.4, -0.2) is 31.7 Å². The van der Waals surface area contributed by atoms with E-state index in [4.69, 9.17) is 10.00 Å². The molecule has 7 nitrogen and oxygen atoms in total. The molecule has 3 N–H and O–H groups in total. The summed E-state index contributed by atoms with van der Waals surface area (Å²) in [4.78, 5) is 23.2. The van der Waals surface area contributed by atoms with Gasteiger partial charge < -0.3 is 20.7 Å². The van der Waals surface area contributed by atoms with Crippen molar-refractivity contribution in [3.8, 4) is 6.07 Å². The molecule has 1 rings (SSSR count). The van der Waals surface area contributed by atoms with E-state index >= 15 is 0 Å². The first kappa shape index (κ1) is 21.0. The molecule has 1 aromatic rings. The Bertz CT molecular complexity index is 648. The van der Waals surface area contributed by atoms with Crippen molar-refractivity contribution in [1.82, 2.24) is 10.6 Å². The number of ether oxygens (including phenoxy) is 1. The van der Waals surface area contributed by atoms with Crippen LogP contribution in [0.15, 0.2) is 36.0 Å². The van der Waals surface area contributed by atoms with Crippen LogP contribution in [0.5, 0.6) is 0 Å². The number of nitriles is 1. The van der Waals surface area contributed by atoms with Crippen LogP contribution in [0, 0.1) is 11.3 Å². The van der Waals surface area contributed by atoms with Crippen LogP contribution >= 0.6 is 0 Å². The first-order valence-electron chi connectivity index (χ1n) is 8.75. The molecule has 0 heterocycles. The summed E-state index contributed by atoms with van der Waals surface area (Å²) in [5, 5.41) is 17.2. The van der Waals surface area contributed by atoms with E-state index in [-0.39, 0.29) is 5.57 Å². The summed E-state index contributed by atoms with van der Waals surface area (Å²) < 4.78 is 4.72. The van der Waals surface area contributed by atoms with Crippen molar-refractivity contribution in [3.63, 3.8) is 0 Å². The van der Waals surface area contributed by atoms with Crippen LogP contribution in [0.25, 0.3) is 0 Å². The van der Waals surface area contributed by atoms with Crippen LogP contribution in [-0.2, 0) is 16.0 Å². The second kappa shape index (κ2) is 12.4. The van der Waals surface area contributed by atoms with Gasteiger partial charge in [-0.05, 0) is 37.5 Å². The lowest BCUT2D eigenvalue weighted by Gasteiger charge is -2.07. The van der Waals surface area contributed by atoms with Gasteiger partial charge in [-0.2, -0.15) is 5.26 Å². The van der Waals surface area contributed by atoms with Gasteiger partial charge in [0.05, 0.1) is 6.61 Å². The monoisotopic (exact) mass is 358 g/mol. The Morgan fingerprint density at radius 3 is 2.54 bits per heavy atom. The summed E-state index contributed by atoms with van der Waals surface area (Å²) in [5.41, 5.74) is 1.81. The molecule has 0 bridgehead atoms. The van der Waals surface area contributed by atoms with Gasteiger partial charge in [-0.15, -0.1) is 0 Å². The number of nitrogens with zero attached hydrogens (tertiary/aromatic N) is 1. The van der Waals surface area contributed by atoms with Crippen LogP contribution in [0.2, 0.25) is 0 Å². The van der Waals surface area contributed by atoms with E-state index in [2.05, 4.69) is 22.9 Å². The molecule has 0 aliphatic heterocycles. The van der Waals surface area contributed by atoms with Crippen molar-refractivity contribution < 1.29 is 14.3 Å². The van der Waals surface area contributed by atoms with Gasteiger partial charge in [0.1, 0.15) is 11.6 Å². The normalized spacial score (nSPS) is 10.6. The van der Waals surface area contributed by atoms with Gasteiger partial charge in [-0.3, -0.25) is 4.79 Å². The van der Waals surface area contributed by atoms with Gasteiger partial charge in [-0.25, -0.2) is 4.79 Å². The molecule has 0 saturated heterocycles. The molecule has 1 aromatic carbocycles. The predicted molar refractivity (Wildman–Crippen MR) is 100 cm³/mol. The second-order valence-electron chi connectivity index (χ2n) is 5.53. The minimum Gasteiger partial charge on any atom is -0.450 e. The van der Waals surface area contributed by atoms with Gasteiger partial charge in [0.15, 0.2) is 0 Å². The van der Waals surface area contributed by atoms with Gasteiger partial charge >= 0.3 is 6.09 Å². The first-order chi connectivity index (χ1) is 12.6. The number of hydrogen-bond acceptors (Lipinski definition) is 5. The number of benzene rings is 1. The molecule has 140 valence electrons. The molecule has 0 radical (unpaired) electrons. The molecule has 26 heavy (non-hydrogen) atoms. The number of anilines is 1. The Labute approximate surface area is 154 Å². The fraction of sp³-hybridized carbons (Fsp3) is 0.421. The molecule has 7 heteroatoms. The topological polar surface area (TPSA) is 103 Å². The maximum absolute atomic E-state index is 12.1. The number of unbranched alkanes of at least 4 members (excludes halogenated alkanes) is 1. The van der Waals surface area contributed by atoms with E-state index in [0.717, 1.165) is 19.3 Å². The molecule has 0 unspecified atom stereocenters. The van der Waals surface area contributed by atoms with Crippen molar-refractivity contribution in [2.45, 2.75) is 33.1 Å². The molecule has 0 aliphatic carbocycles. The lowest BCUT2D eigenvalue weighted by molar-refractivity contribution is -0.112. The van der Waals surface area contributed by atoms with E-state index in [1.165, 1.54) is 11.8 Å². The van der Waals surface area contributed by atoms with Crippen molar-refractivity contribution in [2.75, 3.05) is 25.0 Å². The zero-order chi connectivity index (χ0) is 19.2. The van der Waals surface area contributed by atoms with Crippen LogP contribution < -0.4 is 16.0 Å². The average Bonchev–Trinajstić information content (AvgIpc) is 2.64. The molecular weight excluding hydrogens is 332 g/mol. The largest absolute Gasteiger partial charge is 0.450 e. The molecule has 0 fully saturated rings. The summed E-state index contributed by atoms with van der Waals surface area (Å²) in [7, 11) is 0. The molecule has 2 amide bonds. The van der Waals surface area contributed by atoms with Crippen molar-refractivity contribution in [3.05, 3.63) is 41.6 Å². The fourth-order valence-corrected chi connectivity index (χ4v) is 2.08. The van der Waals surface area contributed by atoms with E-state index < -0.39 is 12.0 Å². The minimum absolute atomic E-state index is 0.0452. The number of rotatable bonds is 10. The third-order valence-corrected chi connectivity index (χ3v) is 3.46. The number of carbonyl (C=O) groups excluding carboxylic acids is 2. The highest BCUT2D eigenvalue weighted by atomic mass is 16.5. The molecule has 0 spiro atoms. The summed E-state index contributed by atoms with van der Waals surface area (Å²) in [6, 6.07) is 9.46. The second-order valence-corrected chi connectivity index (χ2v) is 5.53. The summed E-state index contributed by atoms with van der Waals surface area (Å²) in [6.45, 7) is 4.85. The van der Waals surface area contributed by atoms with Gasteiger partial charge in [-0.1, -0.05) is 25.5 Å². The smallest absolute Gasteiger partial charge is 0.407 e. The van der Waals surface area contributed by atoms with E-state index in [0.29, 0.717) is 25.4 Å². The third-order valence-electron chi connectivity index (χ3n) is 3.46. The van der Waals surface area contributed by atoms with Crippen LogP contribution in [0.4, 0.5) is 10.5 Å². The van der Waals surface area contributed by atoms with E-state index in [1.807, 2.05) is 30.3 Å². The average molecular weight is 358 g/mol. The maximum atomic E-state index is 12.1. The molecule has 0 aromatic heterocycles. The van der Waals surface area contributed by atoms with Crippen LogP contribution in [0.3, 0.4) is 0 Å². The molecule has 0 saturated carbocycles. The zero-order valence-corrected chi connectivity index (χ0v) is 15.3. The Hall–Kier alpha value is -3.01. The van der Waals surface area contributed by atoms with Gasteiger partial charge in [0.2, 0.25) is 0 Å². The lowest BCUT2D eigenvalue weighted by atomic mass is 10.1. The number of hydrogen-bond donors (Lipinski definition) is 3. The summed E-state index contributed by atoms with van der Waals surface area (Å²) in [5.74, 6) is -0.486. The number of nitrogens with one attached hydrogen (secondary N) is 3. The Balaban J connectivity index is 2.45. The maximum Gasteiger partial charge on any atom is 0.407 e. The van der Waals surface area contributed by atoms with Gasteiger partial charge in [0, 0.05) is 25.0 Å². The number of alkyl carbamates (subject to hydrolysis) is 1. The summed E-state index contributed by atoms with van der Waals surface area (Å²) >= 11 is 0. The quantitative estimate of drug-likeness (QED) is 0.339. The van der Waals surface area contributed by atoms with E-state index in [1.54, 1.807) is 6.92 Å². The Kier molecular flexibility index (Phi) is 10.0. The highest BCUT2D eigenvalue weighted by Crippen LogP contribution is 2.12. The first-order valence-corrected chi connectivity index (χ1v) is 8.75. The zero-order valence-electron chi connectivity index (χ0n) is 15.3. The van der Waals surface area contributed by atoms with E-state index in [9.17, 15) is 9.59 Å². The highest BCUT2D eigenvalue weighted by molar-refractivity contribution is 6.06. The minimum atomic E-state index is -0.501. The molecule has 0 atom stereocenters. The standard InChI is InChI=1S/C19H26N4O3/c1-3-5-6-15-7-9-17(10-8-15)23-18(24)16(13-20)14-21-11-12-22-19(25)26-4-2/h7-10,14,21H,3-6,11-12H2,1-2H3,(H,22,25)(H,23,24)/b16-14-. The van der Waals surface area contributed by atoms with Gasteiger partial charge in [0.25, 0.3) is 5.91 Å². The Morgan fingerprint density at radius 2 is 1.92 bits per heavy atom. The fourth-order valence-electron chi connectivity index (χ4n) is 2.08. The SMILES string of the molecule is CCCCc1ccc(NC(=O)/C(C#N)=C\NCCNC(=O)OCC)cc1. The predicted octanol–water partition coefficient (Wildman–Crippen LogP) is 2.71. The number of carbonyl (C=O) groups is 2. The lowest BCUT2D eigenvalue weighted by Crippen LogP contribution is -2.31. The third kappa shape index (κ3) is 8.20. The van der Waals surface area contributed by atoms with Crippen molar-refractivity contribution >= 4 is 17.7 Å². The molecular formula is C19H26N4O3. The van der Waals surface area contributed by atoms with Crippen molar-refractivity contribution in [2.24, 2.45) is 0 Å². The number of amides is 2. The highest BCUT2D eigenvalue weighted by Gasteiger charge is 2.09. The molecule has 0 aliphatic rings. The summed E-state index contributed by atoms with van der Waals surface area (Å²) in [6.07, 6.45) is 4.11.